The molecule has 4 heteroatoms. The van der Waals surface area contributed by atoms with Gasteiger partial charge in [0.25, 0.3) is 0 Å². The second-order valence-electron chi connectivity index (χ2n) is 4.41. The average Bonchev–Trinajstić information content (AvgIpc) is 2.27. The quantitative estimate of drug-likeness (QED) is 0.731. The van der Waals surface area contributed by atoms with Gasteiger partial charge in [0.05, 0.1) is 4.83 Å². The summed E-state index contributed by atoms with van der Waals surface area (Å²) in [5.41, 5.74) is 0. The summed E-state index contributed by atoms with van der Waals surface area (Å²) in [6.45, 7) is 11.2. The number of amides is 1. The smallest absolute Gasteiger partial charge is 0.236 e. The molecular weight excluding hydrogens is 256 g/mol. The van der Waals surface area contributed by atoms with Crippen LogP contribution in [-0.4, -0.2) is 53.3 Å². The van der Waals surface area contributed by atoms with Gasteiger partial charge in [0, 0.05) is 26.2 Å². The third-order valence-electron chi connectivity index (χ3n) is 2.95. The highest BCUT2D eigenvalue weighted by Gasteiger charge is 2.26. The maximum absolute atomic E-state index is 12.0. The number of halogens is 1. The number of alkyl halides is 1. The van der Waals surface area contributed by atoms with Gasteiger partial charge in [0.15, 0.2) is 0 Å². The van der Waals surface area contributed by atoms with Crippen LogP contribution in [0.5, 0.6) is 0 Å². The first-order valence-electron chi connectivity index (χ1n) is 5.71. The molecule has 0 spiro atoms. The summed E-state index contributed by atoms with van der Waals surface area (Å²) < 4.78 is 0. The van der Waals surface area contributed by atoms with Crippen LogP contribution in [0.1, 0.15) is 20.8 Å². The van der Waals surface area contributed by atoms with Crippen LogP contribution in [0.15, 0.2) is 0 Å². The van der Waals surface area contributed by atoms with Gasteiger partial charge in [-0.05, 0) is 12.5 Å². The van der Waals surface area contributed by atoms with Crippen molar-refractivity contribution in [1.82, 2.24) is 9.80 Å². The summed E-state index contributed by atoms with van der Waals surface area (Å²) in [6.07, 6.45) is 0. The number of nitrogens with zero attached hydrogens (tertiary/aromatic N) is 2. The van der Waals surface area contributed by atoms with Gasteiger partial charge in [-0.2, -0.15) is 0 Å². The molecular formula is C11H21BrN2O. The van der Waals surface area contributed by atoms with E-state index in [9.17, 15) is 4.79 Å². The first-order chi connectivity index (χ1) is 7.06. The molecule has 3 nitrogen and oxygen atoms in total. The molecule has 0 aliphatic carbocycles. The summed E-state index contributed by atoms with van der Waals surface area (Å²) in [4.78, 5) is 16.3. The van der Waals surface area contributed by atoms with Gasteiger partial charge in [0.1, 0.15) is 0 Å². The standard InChI is InChI=1S/C11H21BrN2O/c1-4-13-5-7-14(8-6-13)11(15)10(12)9(2)3/h9-10H,4-8H2,1-3H3. The Morgan fingerprint density at radius 1 is 1.27 bits per heavy atom. The molecule has 0 bridgehead atoms. The second-order valence-corrected chi connectivity index (χ2v) is 5.39. The highest BCUT2D eigenvalue weighted by atomic mass is 79.9. The minimum Gasteiger partial charge on any atom is -0.339 e. The van der Waals surface area contributed by atoms with Gasteiger partial charge >= 0.3 is 0 Å². The van der Waals surface area contributed by atoms with Crippen LogP contribution in [0.3, 0.4) is 0 Å². The molecule has 1 aliphatic rings. The van der Waals surface area contributed by atoms with Crippen molar-refractivity contribution in [3.05, 3.63) is 0 Å². The fourth-order valence-corrected chi connectivity index (χ4v) is 2.03. The zero-order chi connectivity index (χ0) is 11.4. The summed E-state index contributed by atoms with van der Waals surface area (Å²) in [5, 5.41) is 0. The van der Waals surface area contributed by atoms with Crippen LogP contribution in [0.4, 0.5) is 0 Å². The maximum atomic E-state index is 12.0. The summed E-state index contributed by atoms with van der Waals surface area (Å²) >= 11 is 3.47. The van der Waals surface area contributed by atoms with Crippen molar-refractivity contribution in [3.8, 4) is 0 Å². The fraction of sp³-hybridized carbons (Fsp3) is 0.909. The average molecular weight is 277 g/mol. The lowest BCUT2D eigenvalue weighted by molar-refractivity contribution is -0.132. The third-order valence-corrected chi connectivity index (χ3v) is 4.40. The van der Waals surface area contributed by atoms with E-state index in [2.05, 4.69) is 41.6 Å². The van der Waals surface area contributed by atoms with Gasteiger partial charge in [-0.25, -0.2) is 0 Å². The lowest BCUT2D eigenvalue weighted by Gasteiger charge is -2.35. The van der Waals surface area contributed by atoms with Crippen LogP contribution in [-0.2, 0) is 4.79 Å². The Labute approximate surface area is 101 Å². The molecule has 1 heterocycles. The van der Waals surface area contributed by atoms with E-state index in [1.165, 1.54) is 0 Å². The van der Waals surface area contributed by atoms with Crippen molar-refractivity contribution in [2.45, 2.75) is 25.6 Å². The van der Waals surface area contributed by atoms with Crippen LogP contribution in [0.2, 0.25) is 0 Å². The van der Waals surface area contributed by atoms with Crippen LogP contribution in [0, 0.1) is 5.92 Å². The predicted molar refractivity (Wildman–Crippen MR) is 66.2 cm³/mol. The number of carbonyl (C=O) groups is 1. The Balaban J connectivity index is 2.42. The summed E-state index contributed by atoms with van der Waals surface area (Å²) in [6, 6.07) is 0. The van der Waals surface area contributed by atoms with Gasteiger partial charge in [0.2, 0.25) is 5.91 Å². The Morgan fingerprint density at radius 3 is 2.20 bits per heavy atom. The van der Waals surface area contributed by atoms with Crippen molar-refractivity contribution in [1.29, 1.82) is 0 Å². The number of likely N-dealkylation sites (N-methyl/N-ethyl adjacent to an activating group) is 1. The van der Waals surface area contributed by atoms with Crippen LogP contribution >= 0.6 is 15.9 Å². The topological polar surface area (TPSA) is 23.6 Å². The van der Waals surface area contributed by atoms with E-state index < -0.39 is 0 Å². The van der Waals surface area contributed by atoms with E-state index in [1.807, 2.05) is 4.90 Å². The van der Waals surface area contributed by atoms with Gasteiger partial charge < -0.3 is 9.80 Å². The van der Waals surface area contributed by atoms with E-state index in [0.29, 0.717) is 5.92 Å². The maximum Gasteiger partial charge on any atom is 0.236 e. The normalized spacial score (nSPS) is 20.7. The monoisotopic (exact) mass is 276 g/mol. The largest absolute Gasteiger partial charge is 0.339 e. The lowest BCUT2D eigenvalue weighted by Crippen LogP contribution is -2.51. The Bertz CT molecular complexity index is 213. The minimum atomic E-state index is -0.0225. The number of carbonyl (C=O) groups excluding carboxylic acids is 1. The number of hydrogen-bond acceptors (Lipinski definition) is 2. The molecule has 1 saturated heterocycles. The van der Waals surface area contributed by atoms with E-state index in [0.717, 1.165) is 32.7 Å². The molecule has 0 aromatic rings. The van der Waals surface area contributed by atoms with E-state index >= 15 is 0 Å². The number of piperazine rings is 1. The first kappa shape index (κ1) is 13.0. The molecule has 0 aromatic heterocycles. The molecule has 88 valence electrons. The lowest BCUT2D eigenvalue weighted by atomic mass is 10.1. The first-order valence-corrected chi connectivity index (χ1v) is 6.63. The Kier molecular flexibility index (Phi) is 5.06. The molecule has 1 aliphatic heterocycles. The van der Waals surface area contributed by atoms with Gasteiger partial charge in [-0.1, -0.05) is 36.7 Å². The van der Waals surface area contributed by atoms with Crippen molar-refractivity contribution in [2.24, 2.45) is 5.92 Å². The van der Waals surface area contributed by atoms with Crippen molar-refractivity contribution < 1.29 is 4.79 Å². The predicted octanol–water partition coefficient (Wildman–Crippen LogP) is 1.57. The van der Waals surface area contributed by atoms with Gasteiger partial charge in [-0.3, -0.25) is 4.79 Å². The van der Waals surface area contributed by atoms with Crippen molar-refractivity contribution in [3.63, 3.8) is 0 Å². The Hall–Kier alpha value is -0.0900. The zero-order valence-corrected chi connectivity index (χ0v) is 11.5. The van der Waals surface area contributed by atoms with E-state index in [-0.39, 0.29) is 10.7 Å². The van der Waals surface area contributed by atoms with Crippen LogP contribution in [0.25, 0.3) is 0 Å². The molecule has 1 rings (SSSR count). The molecule has 1 atom stereocenters. The van der Waals surface area contributed by atoms with E-state index in [1.54, 1.807) is 0 Å². The van der Waals surface area contributed by atoms with Crippen molar-refractivity contribution in [2.75, 3.05) is 32.7 Å². The molecule has 1 unspecified atom stereocenters. The van der Waals surface area contributed by atoms with Gasteiger partial charge in [-0.15, -0.1) is 0 Å². The molecule has 0 aromatic carbocycles. The summed E-state index contributed by atoms with van der Waals surface area (Å²) in [7, 11) is 0. The summed E-state index contributed by atoms with van der Waals surface area (Å²) in [5.74, 6) is 0.613. The SMILES string of the molecule is CCN1CCN(C(=O)C(Br)C(C)C)CC1. The minimum absolute atomic E-state index is 0.0225. The highest BCUT2D eigenvalue weighted by molar-refractivity contribution is 9.10. The molecule has 1 amide bonds. The second kappa shape index (κ2) is 5.85. The zero-order valence-electron chi connectivity index (χ0n) is 9.87. The number of hydrogen-bond donors (Lipinski definition) is 0. The molecule has 1 fully saturated rings. The molecule has 0 N–H and O–H groups in total. The molecule has 0 radical (unpaired) electrons. The van der Waals surface area contributed by atoms with E-state index in [4.69, 9.17) is 0 Å². The number of rotatable bonds is 3. The molecule has 0 saturated carbocycles. The molecule has 15 heavy (non-hydrogen) atoms. The fourth-order valence-electron chi connectivity index (χ4n) is 1.74. The van der Waals surface area contributed by atoms with Crippen LogP contribution < -0.4 is 0 Å². The highest BCUT2D eigenvalue weighted by Crippen LogP contribution is 2.16. The van der Waals surface area contributed by atoms with Crippen molar-refractivity contribution >= 4 is 21.8 Å². The Morgan fingerprint density at radius 2 is 1.80 bits per heavy atom. The third kappa shape index (κ3) is 3.45.